The van der Waals surface area contributed by atoms with Gasteiger partial charge in [-0.2, -0.15) is 0 Å². The minimum Gasteiger partial charge on any atom is -0.497 e. The van der Waals surface area contributed by atoms with Crippen LogP contribution in [-0.2, 0) is 4.74 Å². The van der Waals surface area contributed by atoms with Gasteiger partial charge in [0.2, 0.25) is 0 Å². The SMILES string of the molecule is CNC1COCC1c1nc2ccc(OC)cc2s1. The Labute approximate surface area is 110 Å². The summed E-state index contributed by atoms with van der Waals surface area (Å²) in [6.45, 7) is 1.52. The Morgan fingerprint density at radius 2 is 2.33 bits per heavy atom. The van der Waals surface area contributed by atoms with Gasteiger partial charge in [-0.15, -0.1) is 11.3 Å². The van der Waals surface area contributed by atoms with Gasteiger partial charge in [0.1, 0.15) is 10.8 Å². The van der Waals surface area contributed by atoms with E-state index in [2.05, 4.69) is 5.32 Å². The molecule has 2 aromatic rings. The molecule has 0 aliphatic carbocycles. The summed E-state index contributed by atoms with van der Waals surface area (Å²) in [6, 6.07) is 6.37. The van der Waals surface area contributed by atoms with Crippen molar-refractivity contribution in [3.05, 3.63) is 23.2 Å². The first-order chi connectivity index (χ1) is 8.81. The summed E-state index contributed by atoms with van der Waals surface area (Å²) < 4.78 is 11.9. The van der Waals surface area contributed by atoms with Gasteiger partial charge >= 0.3 is 0 Å². The molecule has 0 bridgehead atoms. The van der Waals surface area contributed by atoms with Crippen LogP contribution in [0.5, 0.6) is 5.75 Å². The lowest BCUT2D eigenvalue weighted by molar-refractivity contribution is 0.188. The minimum absolute atomic E-state index is 0.360. The van der Waals surface area contributed by atoms with Crippen molar-refractivity contribution in [2.45, 2.75) is 12.0 Å². The van der Waals surface area contributed by atoms with Gasteiger partial charge in [0.15, 0.2) is 0 Å². The third-order valence-electron chi connectivity index (χ3n) is 3.38. The highest BCUT2D eigenvalue weighted by molar-refractivity contribution is 7.18. The molecule has 1 aromatic carbocycles. The summed E-state index contributed by atoms with van der Waals surface area (Å²) in [5, 5.41) is 4.44. The number of hydrogen-bond acceptors (Lipinski definition) is 5. The lowest BCUT2D eigenvalue weighted by Gasteiger charge is -2.13. The highest BCUT2D eigenvalue weighted by Gasteiger charge is 2.30. The van der Waals surface area contributed by atoms with Crippen LogP contribution >= 0.6 is 11.3 Å². The van der Waals surface area contributed by atoms with Gasteiger partial charge in [-0.3, -0.25) is 0 Å². The fourth-order valence-electron chi connectivity index (χ4n) is 2.29. The first-order valence-electron chi connectivity index (χ1n) is 6.01. The van der Waals surface area contributed by atoms with Crippen molar-refractivity contribution < 1.29 is 9.47 Å². The molecule has 1 saturated heterocycles. The zero-order valence-corrected chi connectivity index (χ0v) is 11.3. The number of thiazole rings is 1. The van der Waals surface area contributed by atoms with Crippen molar-refractivity contribution in [3.8, 4) is 5.75 Å². The number of benzene rings is 1. The van der Waals surface area contributed by atoms with E-state index in [-0.39, 0.29) is 0 Å². The van der Waals surface area contributed by atoms with Crippen molar-refractivity contribution in [1.29, 1.82) is 0 Å². The quantitative estimate of drug-likeness (QED) is 0.921. The Morgan fingerprint density at radius 1 is 1.44 bits per heavy atom. The molecule has 1 aliphatic heterocycles. The van der Waals surface area contributed by atoms with E-state index < -0.39 is 0 Å². The van der Waals surface area contributed by atoms with Crippen LogP contribution in [0.3, 0.4) is 0 Å². The molecular weight excluding hydrogens is 248 g/mol. The molecule has 0 amide bonds. The maximum Gasteiger partial charge on any atom is 0.120 e. The maximum absolute atomic E-state index is 5.54. The lowest BCUT2D eigenvalue weighted by Crippen LogP contribution is -2.30. The number of hydrogen-bond donors (Lipinski definition) is 1. The third-order valence-corrected chi connectivity index (χ3v) is 4.53. The van der Waals surface area contributed by atoms with E-state index in [1.165, 1.54) is 4.70 Å². The Balaban J connectivity index is 1.97. The second-order valence-corrected chi connectivity index (χ2v) is 5.49. The van der Waals surface area contributed by atoms with E-state index in [1.807, 2.05) is 25.2 Å². The van der Waals surface area contributed by atoms with Gasteiger partial charge in [-0.05, 0) is 25.2 Å². The van der Waals surface area contributed by atoms with E-state index in [4.69, 9.17) is 14.5 Å². The summed E-state index contributed by atoms with van der Waals surface area (Å²) in [6.07, 6.45) is 0. The maximum atomic E-state index is 5.54. The second kappa shape index (κ2) is 4.84. The van der Waals surface area contributed by atoms with E-state index in [0.717, 1.165) is 29.5 Å². The van der Waals surface area contributed by atoms with E-state index in [9.17, 15) is 0 Å². The van der Waals surface area contributed by atoms with Crippen LogP contribution in [0.4, 0.5) is 0 Å². The predicted molar refractivity (Wildman–Crippen MR) is 72.6 cm³/mol. The predicted octanol–water partition coefficient (Wildman–Crippen LogP) is 2.01. The second-order valence-electron chi connectivity index (χ2n) is 4.42. The summed E-state index contributed by atoms with van der Waals surface area (Å²) >= 11 is 1.73. The molecule has 0 saturated carbocycles. The molecule has 2 unspecified atom stereocenters. The summed E-state index contributed by atoms with van der Waals surface area (Å²) in [7, 11) is 3.66. The number of likely N-dealkylation sites (N-methyl/N-ethyl adjacent to an activating group) is 1. The fraction of sp³-hybridized carbons (Fsp3) is 0.462. The number of nitrogens with one attached hydrogen (secondary N) is 1. The van der Waals surface area contributed by atoms with Crippen molar-refractivity contribution in [1.82, 2.24) is 10.3 Å². The molecule has 4 nitrogen and oxygen atoms in total. The molecule has 1 N–H and O–H groups in total. The monoisotopic (exact) mass is 264 g/mol. The standard InChI is InChI=1S/C13H16N2O2S/c1-14-11-7-17-6-9(11)13-15-10-4-3-8(16-2)5-12(10)18-13/h3-5,9,11,14H,6-7H2,1-2H3. The van der Waals surface area contributed by atoms with E-state index >= 15 is 0 Å². The number of ether oxygens (including phenoxy) is 2. The number of rotatable bonds is 3. The van der Waals surface area contributed by atoms with Gasteiger partial charge in [0.05, 0.1) is 36.5 Å². The van der Waals surface area contributed by atoms with Crippen LogP contribution in [0.15, 0.2) is 18.2 Å². The molecule has 2 atom stereocenters. The number of methoxy groups -OCH3 is 1. The summed E-state index contributed by atoms with van der Waals surface area (Å²) in [4.78, 5) is 4.71. The molecule has 2 heterocycles. The van der Waals surface area contributed by atoms with Gasteiger partial charge in [0.25, 0.3) is 0 Å². The fourth-order valence-corrected chi connectivity index (χ4v) is 3.44. The van der Waals surface area contributed by atoms with Crippen LogP contribution < -0.4 is 10.1 Å². The minimum atomic E-state index is 0.360. The topological polar surface area (TPSA) is 43.4 Å². The zero-order chi connectivity index (χ0) is 12.5. The van der Waals surface area contributed by atoms with Crippen molar-refractivity contribution in [2.24, 2.45) is 0 Å². The first-order valence-corrected chi connectivity index (χ1v) is 6.83. The van der Waals surface area contributed by atoms with Crippen LogP contribution in [-0.4, -0.2) is 38.4 Å². The van der Waals surface area contributed by atoms with Crippen molar-refractivity contribution >= 4 is 21.6 Å². The van der Waals surface area contributed by atoms with Crippen LogP contribution in [0.2, 0.25) is 0 Å². The van der Waals surface area contributed by atoms with E-state index in [0.29, 0.717) is 12.0 Å². The smallest absolute Gasteiger partial charge is 0.120 e. The molecule has 96 valence electrons. The number of aromatic nitrogens is 1. The molecule has 3 rings (SSSR count). The first kappa shape index (κ1) is 11.9. The lowest BCUT2D eigenvalue weighted by atomic mass is 10.1. The molecule has 1 aromatic heterocycles. The average Bonchev–Trinajstić information content (AvgIpc) is 3.03. The Bertz CT molecular complexity index is 555. The molecule has 0 spiro atoms. The van der Waals surface area contributed by atoms with Crippen LogP contribution in [0, 0.1) is 0 Å². The average molecular weight is 264 g/mol. The number of nitrogens with zero attached hydrogens (tertiary/aromatic N) is 1. The van der Waals surface area contributed by atoms with Crippen LogP contribution in [0.1, 0.15) is 10.9 Å². The third kappa shape index (κ3) is 1.98. The molecule has 1 fully saturated rings. The van der Waals surface area contributed by atoms with Gasteiger partial charge < -0.3 is 14.8 Å². The van der Waals surface area contributed by atoms with Gasteiger partial charge in [-0.25, -0.2) is 4.98 Å². The highest BCUT2D eigenvalue weighted by atomic mass is 32.1. The highest BCUT2D eigenvalue weighted by Crippen LogP contribution is 2.33. The molecule has 0 radical (unpaired) electrons. The van der Waals surface area contributed by atoms with E-state index in [1.54, 1.807) is 18.4 Å². The number of fused-ring (bicyclic) bond motifs is 1. The van der Waals surface area contributed by atoms with Crippen molar-refractivity contribution in [2.75, 3.05) is 27.4 Å². The Morgan fingerprint density at radius 3 is 3.11 bits per heavy atom. The molecular formula is C13H16N2O2S. The molecule has 5 heteroatoms. The Hall–Kier alpha value is -1.17. The van der Waals surface area contributed by atoms with Gasteiger partial charge in [0, 0.05) is 6.04 Å². The van der Waals surface area contributed by atoms with Crippen molar-refractivity contribution in [3.63, 3.8) is 0 Å². The largest absolute Gasteiger partial charge is 0.497 e. The zero-order valence-electron chi connectivity index (χ0n) is 10.5. The summed E-state index contributed by atoms with van der Waals surface area (Å²) in [5.74, 6) is 1.24. The molecule has 1 aliphatic rings. The summed E-state index contributed by atoms with van der Waals surface area (Å²) in [5.41, 5.74) is 1.04. The normalized spacial score (nSPS) is 23.7. The molecule has 18 heavy (non-hydrogen) atoms. The Kier molecular flexibility index (Phi) is 3.20. The van der Waals surface area contributed by atoms with Gasteiger partial charge in [-0.1, -0.05) is 0 Å². The van der Waals surface area contributed by atoms with Crippen LogP contribution in [0.25, 0.3) is 10.2 Å².